The van der Waals surface area contributed by atoms with Gasteiger partial charge in [0.05, 0.1) is 18.2 Å². The molecule has 2 atom stereocenters. The van der Waals surface area contributed by atoms with Gasteiger partial charge in [0.15, 0.2) is 0 Å². The number of hydrogen-bond acceptors (Lipinski definition) is 3. The Bertz CT molecular complexity index is 548. The molecule has 0 aromatic heterocycles. The molecule has 2 N–H and O–H groups in total. The van der Waals surface area contributed by atoms with Crippen molar-refractivity contribution in [1.29, 1.82) is 0 Å². The van der Waals surface area contributed by atoms with Crippen molar-refractivity contribution in [1.82, 2.24) is 4.90 Å². The highest BCUT2D eigenvalue weighted by atomic mass is 19.4. The summed E-state index contributed by atoms with van der Waals surface area (Å²) in [6, 6.07) is 4.22. The number of rotatable bonds is 3. The number of halogens is 3. The Morgan fingerprint density at radius 2 is 1.91 bits per heavy atom. The zero-order valence-electron chi connectivity index (χ0n) is 12.6. The van der Waals surface area contributed by atoms with E-state index in [1.807, 2.05) is 0 Å². The summed E-state index contributed by atoms with van der Waals surface area (Å²) in [6.07, 6.45) is -4.31. The standard InChI is InChI=1S/C15H19F3N2O3/c1-19(11-4-2-10(3-5-11)15(16,17)18)12-6-7-13(9-21)20(8-12)14(22)23/h2-5,12-13,21H,6-9H2,1H3,(H,22,23)/t12-,13+/m1/s1. The van der Waals surface area contributed by atoms with Crippen LogP contribution in [0.5, 0.6) is 0 Å². The molecule has 1 fully saturated rings. The highest BCUT2D eigenvalue weighted by molar-refractivity contribution is 5.66. The SMILES string of the molecule is CN(c1ccc(C(F)(F)F)cc1)[C@@H]1CC[C@@H](CO)N(C(=O)O)C1. The van der Waals surface area contributed by atoms with Gasteiger partial charge in [0, 0.05) is 25.3 Å². The van der Waals surface area contributed by atoms with Crippen molar-refractivity contribution in [2.75, 3.05) is 25.1 Å². The van der Waals surface area contributed by atoms with E-state index in [9.17, 15) is 28.2 Å². The lowest BCUT2D eigenvalue weighted by Crippen LogP contribution is -2.54. The minimum atomic E-state index is -4.38. The number of carbonyl (C=O) groups is 1. The molecule has 128 valence electrons. The molecule has 1 aromatic carbocycles. The highest BCUT2D eigenvalue weighted by Crippen LogP contribution is 2.31. The summed E-state index contributed by atoms with van der Waals surface area (Å²) in [4.78, 5) is 14.2. The van der Waals surface area contributed by atoms with Gasteiger partial charge in [-0.2, -0.15) is 13.2 Å². The van der Waals surface area contributed by atoms with E-state index in [0.29, 0.717) is 18.5 Å². The molecule has 1 aliphatic rings. The van der Waals surface area contributed by atoms with E-state index in [4.69, 9.17) is 0 Å². The molecule has 1 amide bonds. The molecule has 23 heavy (non-hydrogen) atoms. The first-order chi connectivity index (χ1) is 10.7. The molecule has 1 heterocycles. The van der Waals surface area contributed by atoms with Crippen LogP contribution in [0.3, 0.4) is 0 Å². The average Bonchev–Trinajstić information content (AvgIpc) is 2.52. The topological polar surface area (TPSA) is 64.0 Å². The average molecular weight is 332 g/mol. The summed E-state index contributed by atoms with van der Waals surface area (Å²) in [7, 11) is 1.73. The molecular weight excluding hydrogens is 313 g/mol. The van der Waals surface area contributed by atoms with E-state index < -0.39 is 23.9 Å². The first-order valence-electron chi connectivity index (χ1n) is 7.24. The number of benzene rings is 1. The predicted molar refractivity (Wildman–Crippen MR) is 78.5 cm³/mol. The Morgan fingerprint density at radius 1 is 1.30 bits per heavy atom. The Balaban J connectivity index is 2.11. The van der Waals surface area contributed by atoms with E-state index in [-0.39, 0.29) is 19.2 Å². The lowest BCUT2D eigenvalue weighted by Gasteiger charge is -2.41. The smallest absolute Gasteiger partial charge is 0.416 e. The number of hydrogen-bond donors (Lipinski definition) is 2. The second kappa shape index (κ2) is 6.66. The molecule has 0 unspecified atom stereocenters. The molecule has 0 radical (unpaired) electrons. The van der Waals surface area contributed by atoms with Crippen molar-refractivity contribution in [3.05, 3.63) is 29.8 Å². The molecular formula is C15H19F3N2O3. The van der Waals surface area contributed by atoms with Gasteiger partial charge in [-0.15, -0.1) is 0 Å². The summed E-state index contributed by atoms with van der Waals surface area (Å²) >= 11 is 0. The number of anilines is 1. The molecule has 0 aliphatic carbocycles. The molecule has 0 bridgehead atoms. The molecule has 8 heteroatoms. The second-order valence-electron chi connectivity index (χ2n) is 5.66. The van der Waals surface area contributed by atoms with Gasteiger partial charge in [0.1, 0.15) is 0 Å². The molecule has 1 aromatic rings. The fraction of sp³-hybridized carbons (Fsp3) is 0.533. The Labute approximate surface area is 131 Å². The normalized spacial score (nSPS) is 22.0. The molecule has 1 saturated heterocycles. The zero-order valence-corrected chi connectivity index (χ0v) is 12.6. The van der Waals surface area contributed by atoms with Crippen LogP contribution >= 0.6 is 0 Å². The van der Waals surface area contributed by atoms with E-state index >= 15 is 0 Å². The van der Waals surface area contributed by atoms with E-state index in [2.05, 4.69) is 0 Å². The maximum absolute atomic E-state index is 12.6. The maximum Gasteiger partial charge on any atom is 0.416 e. The van der Waals surface area contributed by atoms with Gasteiger partial charge >= 0.3 is 12.3 Å². The van der Waals surface area contributed by atoms with E-state index in [1.54, 1.807) is 11.9 Å². The number of likely N-dealkylation sites (N-methyl/N-ethyl adjacent to an activating group) is 1. The van der Waals surface area contributed by atoms with Crippen LogP contribution in [0, 0.1) is 0 Å². The third-order valence-electron chi connectivity index (χ3n) is 4.29. The third-order valence-corrected chi connectivity index (χ3v) is 4.29. The predicted octanol–water partition coefficient (Wildman–Crippen LogP) is 2.64. The third kappa shape index (κ3) is 3.87. The fourth-order valence-electron chi connectivity index (χ4n) is 2.84. The second-order valence-corrected chi connectivity index (χ2v) is 5.66. The van der Waals surface area contributed by atoms with Crippen LogP contribution in [0.15, 0.2) is 24.3 Å². The Hall–Kier alpha value is -1.96. The van der Waals surface area contributed by atoms with Crippen molar-refractivity contribution in [2.45, 2.75) is 31.1 Å². The van der Waals surface area contributed by atoms with Gasteiger partial charge in [-0.05, 0) is 37.1 Å². The molecule has 0 saturated carbocycles. The first-order valence-corrected chi connectivity index (χ1v) is 7.24. The van der Waals surface area contributed by atoms with Crippen LogP contribution in [-0.4, -0.2) is 53.5 Å². The van der Waals surface area contributed by atoms with Crippen LogP contribution in [0.25, 0.3) is 0 Å². The number of aliphatic hydroxyl groups excluding tert-OH is 1. The van der Waals surface area contributed by atoms with E-state index in [1.165, 1.54) is 17.0 Å². The minimum absolute atomic E-state index is 0.148. The van der Waals surface area contributed by atoms with Crippen molar-refractivity contribution >= 4 is 11.8 Å². The minimum Gasteiger partial charge on any atom is -0.465 e. The van der Waals surface area contributed by atoms with Crippen molar-refractivity contribution < 1.29 is 28.2 Å². The first kappa shape index (κ1) is 17.4. The zero-order chi connectivity index (χ0) is 17.2. The highest BCUT2D eigenvalue weighted by Gasteiger charge is 2.34. The monoisotopic (exact) mass is 332 g/mol. The Morgan fingerprint density at radius 3 is 2.39 bits per heavy atom. The van der Waals surface area contributed by atoms with Crippen LogP contribution in [0.2, 0.25) is 0 Å². The van der Waals surface area contributed by atoms with Crippen molar-refractivity contribution in [3.63, 3.8) is 0 Å². The number of carboxylic acid groups (broad SMARTS) is 1. The Kier molecular flexibility index (Phi) is 5.03. The van der Waals surface area contributed by atoms with Gasteiger partial charge in [-0.25, -0.2) is 4.79 Å². The lowest BCUT2D eigenvalue weighted by atomic mass is 9.97. The summed E-state index contributed by atoms with van der Waals surface area (Å²) < 4.78 is 37.8. The molecule has 5 nitrogen and oxygen atoms in total. The summed E-state index contributed by atoms with van der Waals surface area (Å²) in [6.45, 7) is -0.0267. The van der Waals surface area contributed by atoms with Gasteiger partial charge in [-0.3, -0.25) is 0 Å². The number of alkyl halides is 3. The van der Waals surface area contributed by atoms with Gasteiger partial charge in [-0.1, -0.05) is 0 Å². The number of piperidine rings is 1. The number of aliphatic hydroxyl groups is 1. The van der Waals surface area contributed by atoms with Gasteiger partial charge in [0.25, 0.3) is 0 Å². The molecule has 2 rings (SSSR count). The molecule has 1 aliphatic heterocycles. The van der Waals surface area contributed by atoms with Crippen LogP contribution in [-0.2, 0) is 6.18 Å². The molecule has 0 spiro atoms. The summed E-state index contributed by atoms with van der Waals surface area (Å²) in [5.74, 6) is 0. The number of likely N-dealkylation sites (tertiary alicyclic amines) is 1. The largest absolute Gasteiger partial charge is 0.465 e. The number of amides is 1. The summed E-state index contributed by atoms with van der Waals surface area (Å²) in [5.41, 5.74) is -0.124. The van der Waals surface area contributed by atoms with Crippen molar-refractivity contribution in [2.24, 2.45) is 0 Å². The fourth-order valence-corrected chi connectivity index (χ4v) is 2.84. The van der Waals surface area contributed by atoms with Gasteiger partial charge in [0.2, 0.25) is 0 Å². The van der Waals surface area contributed by atoms with Crippen LogP contribution < -0.4 is 4.90 Å². The number of nitrogens with zero attached hydrogens (tertiary/aromatic N) is 2. The van der Waals surface area contributed by atoms with Crippen molar-refractivity contribution in [3.8, 4) is 0 Å². The van der Waals surface area contributed by atoms with E-state index in [0.717, 1.165) is 12.1 Å². The maximum atomic E-state index is 12.6. The summed E-state index contributed by atoms with van der Waals surface area (Å²) in [5, 5.41) is 18.4. The lowest BCUT2D eigenvalue weighted by molar-refractivity contribution is -0.137. The quantitative estimate of drug-likeness (QED) is 0.893. The van der Waals surface area contributed by atoms with Crippen LogP contribution in [0.4, 0.5) is 23.7 Å². The van der Waals surface area contributed by atoms with Gasteiger partial charge < -0.3 is 20.0 Å². The van der Waals surface area contributed by atoms with Crippen LogP contribution in [0.1, 0.15) is 18.4 Å².